The Labute approximate surface area is 157 Å². The fourth-order valence-electron chi connectivity index (χ4n) is 3.25. The highest BCUT2D eigenvalue weighted by atomic mass is 32.2. The Balaban J connectivity index is 2.19. The van der Waals surface area contributed by atoms with Gasteiger partial charge in [0.05, 0.1) is 4.90 Å². The van der Waals surface area contributed by atoms with Gasteiger partial charge in [0.25, 0.3) is 5.56 Å². The second-order valence-electron chi connectivity index (χ2n) is 6.39. The van der Waals surface area contributed by atoms with Gasteiger partial charge < -0.3 is 4.98 Å². The molecule has 0 radical (unpaired) electrons. The predicted molar refractivity (Wildman–Crippen MR) is 107 cm³/mol. The molecular weight excluding hydrogens is 358 g/mol. The Morgan fingerprint density at radius 2 is 1.44 bits per heavy atom. The molecule has 27 heavy (non-hydrogen) atoms. The van der Waals surface area contributed by atoms with Gasteiger partial charge in [0.1, 0.15) is 4.90 Å². The molecule has 0 saturated carbocycles. The maximum absolute atomic E-state index is 13.4. The number of H-pyrrole nitrogens is 1. The minimum Gasteiger partial charge on any atom is -0.321 e. The smallest absolute Gasteiger partial charge is 0.268 e. The van der Waals surface area contributed by atoms with Gasteiger partial charge >= 0.3 is 0 Å². The summed E-state index contributed by atoms with van der Waals surface area (Å²) >= 11 is 0. The molecule has 0 fully saturated rings. The van der Waals surface area contributed by atoms with E-state index in [1.165, 1.54) is 12.1 Å². The Morgan fingerprint density at radius 1 is 0.815 bits per heavy atom. The first-order valence-electron chi connectivity index (χ1n) is 8.51. The van der Waals surface area contributed by atoms with Crippen molar-refractivity contribution in [3.63, 3.8) is 0 Å². The Kier molecular flexibility index (Phi) is 4.16. The third-order valence-electron chi connectivity index (χ3n) is 4.51. The maximum Gasteiger partial charge on any atom is 0.268 e. The van der Waals surface area contributed by atoms with Crippen molar-refractivity contribution >= 4 is 20.7 Å². The molecule has 4 rings (SSSR count). The van der Waals surface area contributed by atoms with Gasteiger partial charge in [0.2, 0.25) is 9.84 Å². The number of hydrogen-bond donors (Lipinski definition) is 1. The van der Waals surface area contributed by atoms with Crippen molar-refractivity contribution in [2.45, 2.75) is 16.7 Å². The molecule has 0 bridgehead atoms. The number of aromatic nitrogens is 1. The first-order chi connectivity index (χ1) is 13.0. The van der Waals surface area contributed by atoms with Crippen molar-refractivity contribution in [1.82, 2.24) is 4.98 Å². The Bertz CT molecular complexity index is 1290. The quantitative estimate of drug-likeness (QED) is 0.579. The number of pyridine rings is 1. The van der Waals surface area contributed by atoms with E-state index < -0.39 is 15.4 Å². The molecule has 0 atom stereocenters. The third-order valence-corrected chi connectivity index (χ3v) is 6.33. The van der Waals surface area contributed by atoms with Crippen LogP contribution >= 0.6 is 0 Å². The van der Waals surface area contributed by atoms with Gasteiger partial charge in [-0.15, -0.1) is 0 Å². The van der Waals surface area contributed by atoms with Crippen LogP contribution in [0.25, 0.3) is 22.0 Å². The lowest BCUT2D eigenvalue weighted by molar-refractivity contribution is 0.595. The van der Waals surface area contributed by atoms with E-state index in [0.29, 0.717) is 22.0 Å². The highest BCUT2D eigenvalue weighted by Crippen LogP contribution is 2.34. The van der Waals surface area contributed by atoms with Crippen LogP contribution in [0.4, 0.5) is 0 Å². The van der Waals surface area contributed by atoms with E-state index in [1.807, 2.05) is 49.4 Å². The fraction of sp³-hybridized carbons (Fsp3) is 0.0455. The van der Waals surface area contributed by atoms with E-state index in [2.05, 4.69) is 4.98 Å². The van der Waals surface area contributed by atoms with Crippen LogP contribution in [0.5, 0.6) is 0 Å². The SMILES string of the molecule is Cc1ccc2[nH]c(=O)c(S(=O)(=O)c3ccccc3)c(-c3ccccc3)c2c1. The van der Waals surface area contributed by atoms with Crippen LogP contribution in [0.3, 0.4) is 0 Å². The summed E-state index contributed by atoms with van der Waals surface area (Å²) in [7, 11) is -4.00. The molecular formula is C22H17NO3S. The molecule has 4 nitrogen and oxygen atoms in total. The number of aromatic amines is 1. The van der Waals surface area contributed by atoms with E-state index in [4.69, 9.17) is 0 Å². The zero-order chi connectivity index (χ0) is 19.0. The molecule has 3 aromatic carbocycles. The number of rotatable bonds is 3. The van der Waals surface area contributed by atoms with Crippen molar-refractivity contribution in [3.05, 3.63) is 94.8 Å². The van der Waals surface area contributed by atoms with Crippen LogP contribution in [-0.4, -0.2) is 13.4 Å². The van der Waals surface area contributed by atoms with Crippen molar-refractivity contribution in [1.29, 1.82) is 0 Å². The van der Waals surface area contributed by atoms with Crippen LogP contribution in [0.1, 0.15) is 5.56 Å². The highest BCUT2D eigenvalue weighted by molar-refractivity contribution is 7.91. The van der Waals surface area contributed by atoms with Gasteiger partial charge in [-0.2, -0.15) is 0 Å². The van der Waals surface area contributed by atoms with Crippen LogP contribution in [-0.2, 0) is 9.84 Å². The van der Waals surface area contributed by atoms with E-state index in [-0.39, 0.29) is 9.79 Å². The van der Waals surface area contributed by atoms with Crippen molar-refractivity contribution in [3.8, 4) is 11.1 Å². The topological polar surface area (TPSA) is 67.0 Å². The van der Waals surface area contributed by atoms with Gasteiger partial charge in [-0.05, 0) is 36.8 Å². The summed E-state index contributed by atoms with van der Waals surface area (Å²) in [6.45, 7) is 1.94. The number of benzene rings is 3. The Morgan fingerprint density at radius 3 is 2.11 bits per heavy atom. The Hall–Kier alpha value is -3.18. The van der Waals surface area contributed by atoms with E-state index in [0.717, 1.165) is 5.56 Å². The fourth-order valence-corrected chi connectivity index (χ4v) is 4.80. The molecule has 0 amide bonds. The summed E-state index contributed by atoms with van der Waals surface area (Å²) in [5.74, 6) is 0. The molecule has 0 spiro atoms. The maximum atomic E-state index is 13.4. The molecule has 1 N–H and O–H groups in total. The molecule has 0 unspecified atom stereocenters. The van der Waals surface area contributed by atoms with E-state index in [1.54, 1.807) is 24.3 Å². The highest BCUT2D eigenvalue weighted by Gasteiger charge is 2.27. The molecule has 0 saturated heterocycles. The molecule has 0 aliphatic carbocycles. The lowest BCUT2D eigenvalue weighted by Gasteiger charge is -2.14. The summed E-state index contributed by atoms with van der Waals surface area (Å²) in [4.78, 5) is 15.5. The summed E-state index contributed by atoms with van der Waals surface area (Å²) in [5, 5.41) is 0.704. The first-order valence-corrected chi connectivity index (χ1v) is 9.99. The van der Waals surface area contributed by atoms with Gasteiger partial charge in [-0.3, -0.25) is 4.79 Å². The number of sulfone groups is 1. The summed E-state index contributed by atoms with van der Waals surface area (Å²) in [5.41, 5.74) is 2.09. The van der Waals surface area contributed by atoms with Crippen LogP contribution in [0.2, 0.25) is 0 Å². The zero-order valence-electron chi connectivity index (χ0n) is 14.6. The minimum atomic E-state index is -4.00. The second kappa shape index (κ2) is 6.52. The lowest BCUT2D eigenvalue weighted by atomic mass is 10.00. The number of nitrogens with one attached hydrogen (secondary N) is 1. The molecule has 5 heteroatoms. The number of fused-ring (bicyclic) bond motifs is 1. The van der Waals surface area contributed by atoms with Crippen LogP contribution < -0.4 is 5.56 Å². The van der Waals surface area contributed by atoms with E-state index >= 15 is 0 Å². The summed E-state index contributed by atoms with van der Waals surface area (Å²) in [6.07, 6.45) is 0. The van der Waals surface area contributed by atoms with Crippen LogP contribution in [0.15, 0.2) is 93.4 Å². The monoisotopic (exact) mass is 375 g/mol. The van der Waals surface area contributed by atoms with E-state index in [9.17, 15) is 13.2 Å². The average Bonchev–Trinajstić information content (AvgIpc) is 2.68. The molecule has 4 aromatic rings. The molecule has 134 valence electrons. The standard InChI is InChI=1S/C22H17NO3S/c1-15-12-13-19-18(14-15)20(16-8-4-2-5-9-16)21(22(24)23-19)27(25,26)17-10-6-3-7-11-17/h2-14H,1H3,(H,23,24). The number of aryl methyl sites for hydroxylation is 1. The predicted octanol–water partition coefficient (Wildman–Crippen LogP) is 4.34. The van der Waals surface area contributed by atoms with Crippen LogP contribution in [0, 0.1) is 6.92 Å². The van der Waals surface area contributed by atoms with Crippen molar-refractivity contribution in [2.24, 2.45) is 0 Å². The van der Waals surface area contributed by atoms with Gasteiger partial charge in [-0.1, -0.05) is 60.2 Å². The van der Waals surface area contributed by atoms with Crippen molar-refractivity contribution < 1.29 is 8.42 Å². The summed E-state index contributed by atoms with van der Waals surface area (Å²) < 4.78 is 26.7. The minimum absolute atomic E-state index is 0.0969. The van der Waals surface area contributed by atoms with Gasteiger partial charge in [0, 0.05) is 16.5 Å². The van der Waals surface area contributed by atoms with Gasteiger partial charge in [0.15, 0.2) is 0 Å². The third kappa shape index (κ3) is 2.96. The summed E-state index contributed by atoms with van der Waals surface area (Å²) in [6, 6.07) is 22.8. The van der Waals surface area contributed by atoms with Gasteiger partial charge in [-0.25, -0.2) is 8.42 Å². The lowest BCUT2D eigenvalue weighted by Crippen LogP contribution is -2.20. The molecule has 1 heterocycles. The molecule has 1 aromatic heterocycles. The first kappa shape index (κ1) is 17.2. The number of hydrogen-bond acceptors (Lipinski definition) is 3. The normalized spacial score (nSPS) is 11.6. The second-order valence-corrected chi connectivity index (χ2v) is 8.28. The average molecular weight is 375 g/mol. The zero-order valence-corrected chi connectivity index (χ0v) is 15.5. The largest absolute Gasteiger partial charge is 0.321 e. The molecule has 0 aliphatic heterocycles. The molecule has 0 aliphatic rings. The van der Waals surface area contributed by atoms with Crippen molar-refractivity contribution in [2.75, 3.05) is 0 Å².